The molecular weight excluding hydrogens is 200 g/mol. The van der Waals surface area contributed by atoms with Crippen LogP contribution in [0.15, 0.2) is 23.1 Å². The quantitative estimate of drug-likeness (QED) is 0.770. The number of hydrogen-bond donors (Lipinski definition) is 1. The van der Waals surface area contributed by atoms with Crippen LogP contribution in [0.1, 0.15) is 15.9 Å². The van der Waals surface area contributed by atoms with Crippen molar-refractivity contribution in [2.24, 2.45) is 0 Å². The molecule has 0 spiro atoms. The van der Waals surface area contributed by atoms with E-state index in [2.05, 4.69) is 0 Å². The Morgan fingerprint density at radius 1 is 1.50 bits per heavy atom. The Bertz CT molecular complexity index is 362. The SMILES string of the molecule is O=C(O)c1ccc2c(c1)SCCOC2. The second kappa shape index (κ2) is 4.02. The summed E-state index contributed by atoms with van der Waals surface area (Å²) in [6, 6.07) is 5.17. The molecule has 0 radical (unpaired) electrons. The lowest BCUT2D eigenvalue weighted by molar-refractivity contribution is 0.0696. The molecule has 1 aromatic rings. The number of fused-ring (bicyclic) bond motifs is 1. The van der Waals surface area contributed by atoms with Crippen LogP contribution in [0.25, 0.3) is 0 Å². The Morgan fingerprint density at radius 2 is 2.36 bits per heavy atom. The van der Waals surface area contributed by atoms with E-state index in [0.29, 0.717) is 12.2 Å². The molecule has 1 aromatic carbocycles. The molecule has 0 saturated heterocycles. The van der Waals surface area contributed by atoms with Crippen molar-refractivity contribution in [1.82, 2.24) is 0 Å². The Kier molecular flexibility index (Phi) is 2.74. The lowest BCUT2D eigenvalue weighted by Gasteiger charge is -2.04. The molecule has 1 aliphatic rings. The van der Waals surface area contributed by atoms with Crippen LogP contribution < -0.4 is 0 Å². The molecule has 0 aliphatic carbocycles. The summed E-state index contributed by atoms with van der Waals surface area (Å²) in [5.74, 6) is 0.00866. The van der Waals surface area contributed by atoms with Crippen molar-refractivity contribution in [2.75, 3.05) is 12.4 Å². The number of hydrogen-bond acceptors (Lipinski definition) is 3. The number of benzene rings is 1. The predicted molar refractivity (Wildman–Crippen MR) is 53.8 cm³/mol. The first-order valence-electron chi connectivity index (χ1n) is 4.34. The van der Waals surface area contributed by atoms with Crippen LogP contribution in [0.2, 0.25) is 0 Å². The van der Waals surface area contributed by atoms with Gasteiger partial charge in [0.1, 0.15) is 0 Å². The van der Waals surface area contributed by atoms with Crippen LogP contribution in [0, 0.1) is 0 Å². The first-order chi connectivity index (χ1) is 6.77. The van der Waals surface area contributed by atoms with Crippen molar-refractivity contribution >= 4 is 17.7 Å². The highest BCUT2D eigenvalue weighted by Gasteiger charge is 2.11. The molecule has 1 aliphatic heterocycles. The van der Waals surface area contributed by atoms with Gasteiger partial charge in [0, 0.05) is 10.6 Å². The third-order valence-electron chi connectivity index (χ3n) is 2.06. The van der Waals surface area contributed by atoms with Crippen molar-refractivity contribution in [2.45, 2.75) is 11.5 Å². The summed E-state index contributed by atoms with van der Waals surface area (Å²) in [6.45, 7) is 1.31. The highest BCUT2D eigenvalue weighted by atomic mass is 32.2. The van der Waals surface area contributed by atoms with Crippen LogP contribution in [0.4, 0.5) is 0 Å². The van der Waals surface area contributed by atoms with Crippen LogP contribution in [0.3, 0.4) is 0 Å². The number of rotatable bonds is 1. The zero-order chi connectivity index (χ0) is 9.97. The molecule has 1 heterocycles. The van der Waals surface area contributed by atoms with Gasteiger partial charge < -0.3 is 9.84 Å². The monoisotopic (exact) mass is 210 g/mol. The smallest absolute Gasteiger partial charge is 0.335 e. The number of carboxylic acids is 1. The maximum absolute atomic E-state index is 10.7. The second-order valence-electron chi connectivity index (χ2n) is 3.03. The first kappa shape index (κ1) is 9.55. The molecule has 0 unspecified atom stereocenters. The van der Waals surface area contributed by atoms with Gasteiger partial charge in [-0.3, -0.25) is 0 Å². The van der Waals surface area contributed by atoms with Crippen molar-refractivity contribution in [1.29, 1.82) is 0 Å². The van der Waals surface area contributed by atoms with E-state index < -0.39 is 5.97 Å². The second-order valence-corrected chi connectivity index (χ2v) is 4.17. The fourth-order valence-electron chi connectivity index (χ4n) is 1.33. The molecule has 0 amide bonds. The normalized spacial score (nSPS) is 15.7. The number of carboxylic acid groups (broad SMARTS) is 1. The third-order valence-corrected chi connectivity index (χ3v) is 3.12. The zero-order valence-electron chi connectivity index (χ0n) is 7.53. The highest BCUT2D eigenvalue weighted by molar-refractivity contribution is 7.99. The highest BCUT2D eigenvalue weighted by Crippen LogP contribution is 2.27. The largest absolute Gasteiger partial charge is 0.478 e. The average molecular weight is 210 g/mol. The van der Waals surface area contributed by atoms with Crippen LogP contribution in [0.5, 0.6) is 0 Å². The minimum absolute atomic E-state index is 0.346. The topological polar surface area (TPSA) is 46.5 Å². The van der Waals surface area contributed by atoms with E-state index in [1.54, 1.807) is 23.9 Å². The van der Waals surface area contributed by atoms with E-state index in [-0.39, 0.29) is 0 Å². The number of carbonyl (C=O) groups is 1. The third kappa shape index (κ3) is 1.91. The summed E-state index contributed by atoms with van der Waals surface area (Å²) < 4.78 is 5.35. The van der Waals surface area contributed by atoms with Crippen LogP contribution in [-0.2, 0) is 11.3 Å². The summed E-state index contributed by atoms with van der Waals surface area (Å²) in [6.07, 6.45) is 0. The molecule has 1 N–H and O–H groups in total. The number of ether oxygens (including phenoxy) is 1. The molecule has 0 fully saturated rings. The Labute approximate surface area is 86.1 Å². The van der Waals surface area contributed by atoms with E-state index in [4.69, 9.17) is 9.84 Å². The average Bonchev–Trinajstić information content (AvgIpc) is 2.41. The van der Waals surface area contributed by atoms with E-state index in [1.165, 1.54) is 0 Å². The first-order valence-corrected chi connectivity index (χ1v) is 5.33. The molecule has 4 heteroatoms. The van der Waals surface area contributed by atoms with Gasteiger partial charge in [-0.25, -0.2) is 4.79 Å². The van der Waals surface area contributed by atoms with E-state index >= 15 is 0 Å². The molecule has 74 valence electrons. The van der Waals surface area contributed by atoms with Crippen molar-refractivity contribution in [3.63, 3.8) is 0 Å². The number of aromatic carboxylic acids is 1. The standard InChI is InChI=1S/C10H10O3S/c11-10(12)7-1-2-8-6-13-3-4-14-9(8)5-7/h1-2,5H,3-4,6H2,(H,11,12). The summed E-state index contributed by atoms with van der Waals surface area (Å²) >= 11 is 1.65. The lowest BCUT2D eigenvalue weighted by atomic mass is 10.1. The maximum atomic E-state index is 10.7. The van der Waals surface area contributed by atoms with Gasteiger partial charge >= 0.3 is 5.97 Å². The zero-order valence-corrected chi connectivity index (χ0v) is 8.34. The van der Waals surface area contributed by atoms with E-state index in [1.807, 2.05) is 6.07 Å². The minimum atomic E-state index is -0.876. The van der Waals surface area contributed by atoms with Gasteiger partial charge in [0.2, 0.25) is 0 Å². The van der Waals surface area contributed by atoms with Crippen LogP contribution in [-0.4, -0.2) is 23.4 Å². The molecule has 0 saturated carbocycles. The predicted octanol–water partition coefficient (Wildman–Crippen LogP) is 2.01. The van der Waals surface area contributed by atoms with Gasteiger partial charge in [-0.2, -0.15) is 0 Å². The van der Waals surface area contributed by atoms with Gasteiger partial charge in [-0.1, -0.05) is 6.07 Å². The summed E-state index contributed by atoms with van der Waals surface area (Å²) in [4.78, 5) is 11.8. The lowest BCUT2D eigenvalue weighted by Crippen LogP contribution is -1.98. The van der Waals surface area contributed by atoms with Crippen LogP contribution >= 0.6 is 11.8 Å². The Hall–Kier alpha value is -1.00. The van der Waals surface area contributed by atoms with E-state index in [0.717, 1.165) is 22.8 Å². The molecular formula is C10H10O3S. The molecule has 3 nitrogen and oxygen atoms in total. The molecule has 14 heavy (non-hydrogen) atoms. The molecule has 2 rings (SSSR count). The van der Waals surface area contributed by atoms with Gasteiger partial charge in [0.05, 0.1) is 18.8 Å². The van der Waals surface area contributed by atoms with Crippen molar-refractivity contribution in [3.05, 3.63) is 29.3 Å². The van der Waals surface area contributed by atoms with Crippen molar-refractivity contribution in [3.8, 4) is 0 Å². The Morgan fingerprint density at radius 3 is 3.14 bits per heavy atom. The summed E-state index contributed by atoms with van der Waals surface area (Å²) in [5.41, 5.74) is 1.43. The summed E-state index contributed by atoms with van der Waals surface area (Å²) in [7, 11) is 0. The molecule has 0 bridgehead atoms. The Balaban J connectivity index is 2.37. The minimum Gasteiger partial charge on any atom is -0.478 e. The van der Waals surface area contributed by atoms with E-state index in [9.17, 15) is 4.79 Å². The fraction of sp³-hybridized carbons (Fsp3) is 0.300. The van der Waals surface area contributed by atoms with Gasteiger partial charge in [0.25, 0.3) is 0 Å². The fourth-order valence-corrected chi connectivity index (χ4v) is 2.28. The molecule has 0 atom stereocenters. The maximum Gasteiger partial charge on any atom is 0.335 e. The van der Waals surface area contributed by atoms with Crippen molar-refractivity contribution < 1.29 is 14.6 Å². The number of thioether (sulfide) groups is 1. The van der Waals surface area contributed by atoms with Gasteiger partial charge in [-0.05, 0) is 17.7 Å². The van der Waals surface area contributed by atoms with Gasteiger partial charge in [0.15, 0.2) is 0 Å². The van der Waals surface area contributed by atoms with Gasteiger partial charge in [-0.15, -0.1) is 11.8 Å². The summed E-state index contributed by atoms with van der Waals surface area (Å²) in [5, 5.41) is 8.82. The molecule has 0 aromatic heterocycles.